The number of fused-ring (bicyclic) bond motifs is 1. The van der Waals surface area contributed by atoms with E-state index in [2.05, 4.69) is 35.8 Å². The van der Waals surface area contributed by atoms with Crippen LogP contribution in [-0.4, -0.2) is 33.6 Å². The second-order valence-corrected chi connectivity index (χ2v) is 13.0. The Morgan fingerprint density at radius 1 is 0.833 bits per heavy atom. The van der Waals surface area contributed by atoms with E-state index < -0.39 is 16.1 Å². The SMILES string of the molecule is CN(C)c1ccc(NC(=O)Oc2[nH]c3ccc(NS(=O)(=O)c4ccc(C(C)(C)C)cc4)cc3c2-c2ccccc2)cc1. The fourth-order valence-corrected chi connectivity index (χ4v) is 5.68. The highest BCUT2D eigenvalue weighted by atomic mass is 32.2. The second-order valence-electron chi connectivity index (χ2n) is 11.3. The van der Waals surface area contributed by atoms with E-state index in [1.165, 1.54) is 0 Å². The maximum atomic E-state index is 13.2. The molecule has 5 rings (SSSR count). The van der Waals surface area contributed by atoms with Gasteiger partial charge >= 0.3 is 6.09 Å². The third-order valence-electron chi connectivity index (χ3n) is 6.93. The van der Waals surface area contributed by atoms with E-state index >= 15 is 0 Å². The van der Waals surface area contributed by atoms with Gasteiger partial charge in [-0.2, -0.15) is 0 Å². The number of nitrogens with one attached hydrogen (secondary N) is 3. The van der Waals surface area contributed by atoms with Crippen LogP contribution < -0.4 is 19.7 Å². The molecule has 1 heterocycles. The average molecular weight is 583 g/mol. The van der Waals surface area contributed by atoms with Gasteiger partial charge in [-0.25, -0.2) is 13.2 Å². The molecule has 0 saturated heterocycles. The van der Waals surface area contributed by atoms with Crippen LogP contribution in [0.1, 0.15) is 26.3 Å². The van der Waals surface area contributed by atoms with Gasteiger partial charge in [0.2, 0.25) is 5.88 Å². The van der Waals surface area contributed by atoms with Gasteiger partial charge in [0.1, 0.15) is 0 Å². The van der Waals surface area contributed by atoms with E-state index in [0.717, 1.165) is 16.8 Å². The Morgan fingerprint density at radius 2 is 1.48 bits per heavy atom. The van der Waals surface area contributed by atoms with Crippen LogP contribution in [0.3, 0.4) is 0 Å². The molecule has 0 radical (unpaired) electrons. The molecule has 216 valence electrons. The summed E-state index contributed by atoms with van der Waals surface area (Å²) >= 11 is 0. The average Bonchev–Trinajstić information content (AvgIpc) is 3.30. The summed E-state index contributed by atoms with van der Waals surface area (Å²) in [4.78, 5) is 18.2. The molecule has 3 N–H and O–H groups in total. The number of amides is 1. The molecule has 0 unspecified atom stereocenters. The predicted octanol–water partition coefficient (Wildman–Crippen LogP) is 7.61. The van der Waals surface area contributed by atoms with E-state index in [1.54, 1.807) is 42.5 Å². The van der Waals surface area contributed by atoms with Gasteiger partial charge < -0.3 is 14.6 Å². The molecule has 0 spiro atoms. The first-order valence-corrected chi connectivity index (χ1v) is 15.0. The number of benzene rings is 4. The van der Waals surface area contributed by atoms with Crippen LogP contribution in [0, 0.1) is 0 Å². The van der Waals surface area contributed by atoms with Crippen LogP contribution >= 0.6 is 0 Å². The second kappa shape index (κ2) is 11.3. The van der Waals surface area contributed by atoms with Crippen molar-refractivity contribution >= 4 is 44.1 Å². The van der Waals surface area contributed by atoms with Gasteiger partial charge in [0.05, 0.1) is 10.5 Å². The number of H-pyrrole nitrogens is 1. The Bertz CT molecular complexity index is 1820. The van der Waals surface area contributed by atoms with Crippen LogP contribution in [0.25, 0.3) is 22.0 Å². The Balaban J connectivity index is 1.45. The third-order valence-corrected chi connectivity index (χ3v) is 8.33. The highest BCUT2D eigenvalue weighted by Crippen LogP contribution is 2.39. The zero-order valence-corrected chi connectivity index (χ0v) is 25.0. The van der Waals surface area contributed by atoms with Gasteiger partial charge in [0, 0.05) is 42.1 Å². The number of anilines is 3. The molecule has 0 aliphatic heterocycles. The quantitative estimate of drug-likeness (QED) is 0.183. The highest BCUT2D eigenvalue weighted by Gasteiger charge is 2.21. The summed E-state index contributed by atoms with van der Waals surface area (Å²) in [5, 5.41) is 3.46. The fourth-order valence-electron chi connectivity index (χ4n) is 4.63. The lowest BCUT2D eigenvalue weighted by Gasteiger charge is -2.19. The van der Waals surface area contributed by atoms with Gasteiger partial charge in [-0.15, -0.1) is 0 Å². The van der Waals surface area contributed by atoms with Crippen molar-refractivity contribution in [2.45, 2.75) is 31.1 Å². The zero-order valence-electron chi connectivity index (χ0n) is 24.2. The van der Waals surface area contributed by atoms with Crippen LogP contribution in [0.4, 0.5) is 21.9 Å². The van der Waals surface area contributed by atoms with Crippen molar-refractivity contribution in [2.75, 3.05) is 29.0 Å². The summed E-state index contributed by atoms with van der Waals surface area (Å²) in [7, 11) is 0.0499. The van der Waals surface area contributed by atoms with E-state index in [4.69, 9.17) is 4.74 Å². The number of aromatic nitrogens is 1. The standard InChI is InChI=1S/C33H34N4O4S/c1-33(2,3)23-11-18-27(19-12-23)42(39,40)36-25-15-20-29-28(21-25)30(22-9-7-6-8-10-22)31(35-29)41-32(38)34-24-13-16-26(17-14-24)37(4)5/h6-21,35-36H,1-5H3,(H,34,38). The first kappa shape index (κ1) is 28.8. The molecular formula is C33H34N4O4S. The van der Waals surface area contributed by atoms with E-state index in [9.17, 15) is 13.2 Å². The lowest BCUT2D eigenvalue weighted by atomic mass is 9.87. The molecule has 4 aromatic carbocycles. The molecule has 8 nitrogen and oxygen atoms in total. The van der Waals surface area contributed by atoms with E-state index in [-0.39, 0.29) is 16.2 Å². The lowest BCUT2D eigenvalue weighted by molar-refractivity contribution is 0.214. The summed E-state index contributed by atoms with van der Waals surface area (Å²) < 4.78 is 34.9. The molecule has 5 aromatic rings. The highest BCUT2D eigenvalue weighted by molar-refractivity contribution is 7.92. The van der Waals surface area contributed by atoms with Gasteiger partial charge in [-0.05, 0) is 71.1 Å². The number of sulfonamides is 1. The number of carbonyl (C=O) groups is 1. The summed E-state index contributed by atoms with van der Waals surface area (Å²) in [5.74, 6) is 0.247. The summed E-state index contributed by atoms with van der Waals surface area (Å²) in [5.41, 5.74) is 5.07. The first-order chi connectivity index (χ1) is 19.9. The molecule has 0 atom stereocenters. The zero-order chi connectivity index (χ0) is 30.1. The number of ether oxygens (including phenoxy) is 1. The van der Waals surface area contributed by atoms with Crippen molar-refractivity contribution in [1.29, 1.82) is 0 Å². The molecule has 0 fully saturated rings. The van der Waals surface area contributed by atoms with Crippen molar-refractivity contribution in [2.24, 2.45) is 0 Å². The van der Waals surface area contributed by atoms with E-state index in [0.29, 0.717) is 27.8 Å². The molecule has 0 aliphatic rings. The predicted molar refractivity (Wildman–Crippen MR) is 170 cm³/mol. The maximum absolute atomic E-state index is 13.2. The van der Waals surface area contributed by atoms with Gasteiger partial charge in [-0.3, -0.25) is 10.0 Å². The molecule has 1 amide bonds. The number of nitrogens with zero attached hydrogens (tertiary/aromatic N) is 1. The largest absolute Gasteiger partial charge is 0.418 e. The minimum Gasteiger partial charge on any atom is -0.392 e. The maximum Gasteiger partial charge on any atom is 0.418 e. The molecule has 0 bridgehead atoms. The number of hydrogen-bond donors (Lipinski definition) is 3. The summed E-state index contributed by atoms with van der Waals surface area (Å²) in [6.07, 6.45) is -0.657. The molecule has 0 aliphatic carbocycles. The van der Waals surface area contributed by atoms with Crippen molar-refractivity contribution in [3.8, 4) is 17.0 Å². The Hall–Kier alpha value is -4.76. The minimum absolute atomic E-state index is 0.0870. The number of aromatic amines is 1. The Morgan fingerprint density at radius 3 is 2.10 bits per heavy atom. The fraction of sp³-hybridized carbons (Fsp3) is 0.182. The van der Waals surface area contributed by atoms with Gasteiger partial charge in [-0.1, -0.05) is 63.2 Å². The van der Waals surface area contributed by atoms with Crippen LogP contribution in [0.15, 0.2) is 102 Å². The minimum atomic E-state index is -3.84. The third kappa shape index (κ3) is 6.26. The van der Waals surface area contributed by atoms with Crippen LogP contribution in [0.2, 0.25) is 0 Å². The number of carbonyl (C=O) groups excluding carboxylic acids is 1. The molecule has 0 saturated carbocycles. The van der Waals surface area contributed by atoms with Gasteiger partial charge in [0.25, 0.3) is 10.0 Å². The number of hydrogen-bond acceptors (Lipinski definition) is 5. The van der Waals surface area contributed by atoms with Crippen LogP contribution in [-0.2, 0) is 15.4 Å². The van der Waals surface area contributed by atoms with Gasteiger partial charge in [0.15, 0.2) is 0 Å². The normalized spacial score (nSPS) is 11.7. The molecule has 42 heavy (non-hydrogen) atoms. The van der Waals surface area contributed by atoms with Crippen molar-refractivity contribution in [3.63, 3.8) is 0 Å². The monoisotopic (exact) mass is 582 g/mol. The molecule has 9 heteroatoms. The smallest absolute Gasteiger partial charge is 0.392 e. The summed E-state index contributed by atoms with van der Waals surface area (Å²) in [6, 6.07) is 28.9. The van der Waals surface area contributed by atoms with Crippen LogP contribution in [0.5, 0.6) is 5.88 Å². The summed E-state index contributed by atoms with van der Waals surface area (Å²) in [6.45, 7) is 6.24. The van der Waals surface area contributed by atoms with E-state index in [1.807, 2.05) is 73.6 Å². The topological polar surface area (TPSA) is 104 Å². The molecular weight excluding hydrogens is 548 g/mol. The Labute approximate surface area is 246 Å². The number of rotatable bonds is 7. The Kier molecular flexibility index (Phi) is 7.71. The van der Waals surface area contributed by atoms with Crippen molar-refractivity contribution < 1.29 is 17.9 Å². The van der Waals surface area contributed by atoms with Crippen molar-refractivity contribution in [1.82, 2.24) is 4.98 Å². The lowest BCUT2D eigenvalue weighted by Crippen LogP contribution is -2.17. The van der Waals surface area contributed by atoms with Crippen molar-refractivity contribution in [3.05, 3.63) is 103 Å². The first-order valence-electron chi connectivity index (χ1n) is 13.5. The molecule has 1 aromatic heterocycles.